The number of benzene rings is 1. The number of hydrogen-bond donors (Lipinski definition) is 3. The first-order valence-electron chi connectivity index (χ1n) is 8.98. The molecular formula is C19H26N4O3. The molecule has 3 rings (SSSR count). The molecule has 0 amide bonds. The Kier molecular flexibility index (Phi) is 6.76. The maximum absolute atomic E-state index is 9.76. The predicted octanol–water partition coefficient (Wildman–Crippen LogP) is 1.69. The van der Waals surface area contributed by atoms with Crippen molar-refractivity contribution in [2.75, 3.05) is 38.7 Å². The molecule has 1 atom stereocenters. The lowest BCUT2D eigenvalue weighted by atomic mass is 10.1. The smallest absolute Gasteiger partial charge is 0.161 e. The molecule has 0 spiro atoms. The van der Waals surface area contributed by atoms with Gasteiger partial charge < -0.3 is 25.2 Å². The lowest BCUT2D eigenvalue weighted by Gasteiger charge is -2.23. The zero-order valence-electron chi connectivity index (χ0n) is 15.0. The molecule has 140 valence electrons. The highest BCUT2D eigenvalue weighted by Gasteiger charge is 2.14. The number of hydrogen-bond acceptors (Lipinski definition) is 7. The van der Waals surface area contributed by atoms with Crippen molar-refractivity contribution < 1.29 is 14.6 Å². The van der Waals surface area contributed by atoms with E-state index in [1.807, 2.05) is 30.3 Å². The van der Waals surface area contributed by atoms with E-state index in [0.29, 0.717) is 24.2 Å². The van der Waals surface area contributed by atoms with Crippen LogP contribution in [-0.2, 0) is 4.74 Å². The number of rotatable bonds is 8. The number of aliphatic hydroxyl groups is 1. The van der Waals surface area contributed by atoms with Crippen molar-refractivity contribution in [3.8, 4) is 17.1 Å². The van der Waals surface area contributed by atoms with Gasteiger partial charge in [0.15, 0.2) is 5.82 Å². The van der Waals surface area contributed by atoms with E-state index in [-0.39, 0.29) is 6.61 Å². The van der Waals surface area contributed by atoms with Crippen molar-refractivity contribution in [2.24, 2.45) is 0 Å². The Labute approximate surface area is 153 Å². The maximum Gasteiger partial charge on any atom is 0.161 e. The first kappa shape index (κ1) is 18.6. The minimum Gasteiger partial charge on any atom is -0.491 e. The summed E-state index contributed by atoms with van der Waals surface area (Å²) in [5, 5.41) is 16.1. The molecule has 2 heterocycles. The highest BCUT2D eigenvalue weighted by molar-refractivity contribution is 5.59. The second-order valence-electron chi connectivity index (χ2n) is 6.35. The zero-order chi connectivity index (χ0) is 18.2. The SMILES string of the molecule is CNCC(O)COc1cccc(-c2nccc(NC3CCOCC3)n2)c1. The van der Waals surface area contributed by atoms with E-state index in [2.05, 4.69) is 20.6 Å². The van der Waals surface area contributed by atoms with Gasteiger partial charge in [-0.15, -0.1) is 0 Å². The zero-order valence-corrected chi connectivity index (χ0v) is 15.0. The van der Waals surface area contributed by atoms with Crippen LogP contribution in [0.5, 0.6) is 5.75 Å². The van der Waals surface area contributed by atoms with Crippen molar-refractivity contribution in [1.82, 2.24) is 15.3 Å². The summed E-state index contributed by atoms with van der Waals surface area (Å²) < 4.78 is 11.0. The monoisotopic (exact) mass is 358 g/mol. The number of aromatic nitrogens is 2. The maximum atomic E-state index is 9.76. The van der Waals surface area contributed by atoms with Crippen molar-refractivity contribution >= 4 is 5.82 Å². The molecular weight excluding hydrogens is 332 g/mol. The van der Waals surface area contributed by atoms with Crippen LogP contribution in [0.1, 0.15) is 12.8 Å². The molecule has 0 saturated carbocycles. The van der Waals surface area contributed by atoms with E-state index in [1.54, 1.807) is 13.2 Å². The molecule has 0 bridgehead atoms. The van der Waals surface area contributed by atoms with Gasteiger partial charge in [-0.3, -0.25) is 0 Å². The number of nitrogens with zero attached hydrogens (tertiary/aromatic N) is 2. The van der Waals surface area contributed by atoms with E-state index in [4.69, 9.17) is 9.47 Å². The van der Waals surface area contributed by atoms with Crippen LogP contribution in [0.3, 0.4) is 0 Å². The third-order valence-corrected chi connectivity index (χ3v) is 4.20. The summed E-state index contributed by atoms with van der Waals surface area (Å²) >= 11 is 0. The average molecular weight is 358 g/mol. The molecule has 1 aliphatic heterocycles. The molecule has 7 nitrogen and oxygen atoms in total. The largest absolute Gasteiger partial charge is 0.491 e. The summed E-state index contributed by atoms with van der Waals surface area (Å²) in [6.45, 7) is 2.29. The van der Waals surface area contributed by atoms with E-state index >= 15 is 0 Å². The van der Waals surface area contributed by atoms with Crippen LogP contribution in [-0.4, -0.2) is 60.6 Å². The van der Waals surface area contributed by atoms with Gasteiger partial charge in [-0.05, 0) is 38.1 Å². The summed E-state index contributed by atoms with van der Waals surface area (Å²) in [5.74, 6) is 2.14. The van der Waals surface area contributed by atoms with Gasteiger partial charge in [0.1, 0.15) is 24.3 Å². The van der Waals surface area contributed by atoms with Crippen LogP contribution in [0.2, 0.25) is 0 Å². The summed E-state index contributed by atoms with van der Waals surface area (Å²) in [6, 6.07) is 9.86. The summed E-state index contributed by atoms with van der Waals surface area (Å²) in [6.07, 6.45) is 3.18. The van der Waals surface area contributed by atoms with Gasteiger partial charge in [0, 0.05) is 37.6 Å². The Bertz CT molecular complexity index is 692. The fraction of sp³-hybridized carbons (Fsp3) is 0.474. The fourth-order valence-electron chi connectivity index (χ4n) is 2.84. The van der Waals surface area contributed by atoms with Crippen LogP contribution in [0.4, 0.5) is 5.82 Å². The van der Waals surface area contributed by atoms with Crippen LogP contribution in [0.15, 0.2) is 36.5 Å². The third kappa shape index (κ3) is 5.39. The molecule has 0 radical (unpaired) electrons. The third-order valence-electron chi connectivity index (χ3n) is 4.20. The lowest BCUT2D eigenvalue weighted by molar-refractivity contribution is 0.0904. The normalized spacial score (nSPS) is 16.2. The Hall–Kier alpha value is -2.22. The number of ether oxygens (including phenoxy) is 2. The Morgan fingerprint density at radius 1 is 1.31 bits per heavy atom. The number of nitrogens with one attached hydrogen (secondary N) is 2. The molecule has 1 fully saturated rings. The van der Waals surface area contributed by atoms with Gasteiger partial charge in [0.25, 0.3) is 0 Å². The quantitative estimate of drug-likeness (QED) is 0.662. The molecule has 1 saturated heterocycles. The van der Waals surface area contributed by atoms with Gasteiger partial charge in [-0.25, -0.2) is 9.97 Å². The second-order valence-corrected chi connectivity index (χ2v) is 6.35. The minimum atomic E-state index is -0.549. The molecule has 1 aromatic heterocycles. The van der Waals surface area contributed by atoms with Crippen LogP contribution in [0, 0.1) is 0 Å². The highest BCUT2D eigenvalue weighted by Crippen LogP contribution is 2.22. The van der Waals surface area contributed by atoms with Gasteiger partial charge in [-0.1, -0.05) is 12.1 Å². The van der Waals surface area contributed by atoms with Gasteiger partial charge >= 0.3 is 0 Å². The lowest BCUT2D eigenvalue weighted by Crippen LogP contribution is -2.29. The summed E-state index contributed by atoms with van der Waals surface area (Å²) in [7, 11) is 1.79. The van der Waals surface area contributed by atoms with Crippen LogP contribution >= 0.6 is 0 Å². The van der Waals surface area contributed by atoms with Crippen molar-refractivity contribution in [1.29, 1.82) is 0 Å². The predicted molar refractivity (Wildman–Crippen MR) is 100 cm³/mol. The van der Waals surface area contributed by atoms with Crippen LogP contribution in [0.25, 0.3) is 11.4 Å². The van der Waals surface area contributed by atoms with Crippen molar-refractivity contribution in [3.05, 3.63) is 36.5 Å². The standard InChI is InChI=1S/C19H26N4O3/c1-20-12-16(24)13-26-17-4-2-3-14(11-17)19-21-8-5-18(23-19)22-15-6-9-25-10-7-15/h2-5,8,11,15-16,20,24H,6-7,9-10,12-13H2,1H3,(H,21,22,23). The van der Waals surface area contributed by atoms with Crippen molar-refractivity contribution in [3.63, 3.8) is 0 Å². The van der Waals surface area contributed by atoms with E-state index in [1.165, 1.54) is 0 Å². The number of likely N-dealkylation sites (N-methyl/N-ethyl adjacent to an activating group) is 1. The Morgan fingerprint density at radius 2 is 2.15 bits per heavy atom. The number of aliphatic hydroxyl groups excluding tert-OH is 1. The van der Waals surface area contributed by atoms with Crippen LogP contribution < -0.4 is 15.4 Å². The Balaban J connectivity index is 1.66. The molecule has 3 N–H and O–H groups in total. The average Bonchev–Trinajstić information content (AvgIpc) is 2.68. The summed E-state index contributed by atoms with van der Waals surface area (Å²) in [4.78, 5) is 9.00. The van der Waals surface area contributed by atoms with E-state index < -0.39 is 6.10 Å². The highest BCUT2D eigenvalue weighted by atomic mass is 16.5. The van der Waals surface area contributed by atoms with Gasteiger partial charge in [-0.2, -0.15) is 0 Å². The fourth-order valence-corrected chi connectivity index (χ4v) is 2.84. The van der Waals surface area contributed by atoms with Gasteiger partial charge in [0.05, 0.1) is 0 Å². The first-order chi connectivity index (χ1) is 12.7. The second kappa shape index (κ2) is 9.47. The minimum absolute atomic E-state index is 0.233. The van der Waals surface area contributed by atoms with Crippen molar-refractivity contribution in [2.45, 2.75) is 25.0 Å². The molecule has 1 aromatic carbocycles. The Morgan fingerprint density at radius 3 is 2.96 bits per heavy atom. The first-order valence-corrected chi connectivity index (χ1v) is 8.98. The summed E-state index contributed by atoms with van der Waals surface area (Å²) in [5.41, 5.74) is 0.876. The molecule has 26 heavy (non-hydrogen) atoms. The molecule has 2 aromatic rings. The molecule has 0 aliphatic carbocycles. The molecule has 1 aliphatic rings. The molecule has 1 unspecified atom stereocenters. The topological polar surface area (TPSA) is 88.5 Å². The number of anilines is 1. The van der Waals surface area contributed by atoms with E-state index in [0.717, 1.165) is 37.4 Å². The van der Waals surface area contributed by atoms with E-state index in [9.17, 15) is 5.11 Å². The molecule has 7 heteroatoms. The van der Waals surface area contributed by atoms with Gasteiger partial charge in [0.2, 0.25) is 0 Å².